The molecule has 1 aromatic carbocycles. The first kappa shape index (κ1) is 15.4. The van der Waals surface area contributed by atoms with Crippen LogP contribution < -0.4 is 16.1 Å². The number of hydrogen-bond acceptors (Lipinski definition) is 5. The molecule has 6 nitrogen and oxygen atoms in total. The minimum atomic E-state index is -1.40. The number of carboxylic acid groups (broad SMARTS) is 1. The summed E-state index contributed by atoms with van der Waals surface area (Å²) in [6.45, 7) is 0.762. The zero-order valence-corrected chi connectivity index (χ0v) is 13.2. The largest absolute Gasteiger partial charge is 0.477 e. The maximum atomic E-state index is 15.1. The van der Waals surface area contributed by atoms with Crippen LogP contribution in [0.5, 0.6) is 0 Å². The Morgan fingerprint density at radius 2 is 2.17 bits per heavy atom. The Kier molecular flexibility index (Phi) is 3.33. The van der Waals surface area contributed by atoms with Crippen molar-refractivity contribution in [1.82, 2.24) is 4.57 Å². The summed E-state index contributed by atoms with van der Waals surface area (Å²) < 4.78 is 31.0. The van der Waals surface area contributed by atoms with Crippen LogP contribution in [0.4, 0.5) is 14.5 Å². The summed E-state index contributed by atoms with van der Waals surface area (Å²) in [6, 6.07) is 0.776. The molecular formula is C15H13F2N3O3S. The first-order valence-corrected chi connectivity index (χ1v) is 8.33. The number of aromatic carboxylic acids is 1. The fraction of sp³-hybridized carbons (Fsp3) is 0.333. The lowest BCUT2D eigenvalue weighted by Crippen LogP contribution is -2.30. The maximum Gasteiger partial charge on any atom is 0.342 e. The van der Waals surface area contributed by atoms with Crippen LogP contribution in [0.1, 0.15) is 16.8 Å². The third-order valence-electron chi connectivity index (χ3n) is 4.45. The molecule has 9 heteroatoms. The predicted octanol–water partition coefficient (Wildman–Crippen LogP) is 1.58. The number of rotatable bonds is 2. The van der Waals surface area contributed by atoms with Crippen LogP contribution in [-0.2, 0) is 5.88 Å². The zero-order chi connectivity index (χ0) is 17.2. The Hall–Kier alpha value is -2.13. The molecule has 3 N–H and O–H groups in total. The van der Waals surface area contributed by atoms with Gasteiger partial charge in [-0.25, -0.2) is 13.6 Å². The number of aromatic nitrogens is 1. The van der Waals surface area contributed by atoms with Crippen molar-refractivity contribution in [1.29, 1.82) is 0 Å². The Morgan fingerprint density at radius 3 is 2.71 bits per heavy atom. The van der Waals surface area contributed by atoms with E-state index in [1.54, 1.807) is 0 Å². The average molecular weight is 353 g/mol. The smallest absolute Gasteiger partial charge is 0.342 e. The Balaban J connectivity index is 2.04. The van der Waals surface area contributed by atoms with Crippen molar-refractivity contribution in [3.05, 3.63) is 33.5 Å². The molecule has 126 valence electrons. The normalized spacial score (nSPS) is 19.5. The molecule has 0 aliphatic carbocycles. The van der Waals surface area contributed by atoms with Crippen LogP contribution in [0, 0.1) is 11.6 Å². The molecule has 2 aliphatic heterocycles. The number of carboxylic acids is 1. The Bertz CT molecular complexity index is 960. The standard InChI is InChI=1S/C15H13F2N3O3S/c16-8-3-7-11(10(17)12(8)19-2-1-6(18)4-19)20-5-24-14(20)9(13(7)21)15(22)23/h3,6H,1-2,4-5,18H2,(H,22,23). The molecule has 0 bridgehead atoms. The summed E-state index contributed by atoms with van der Waals surface area (Å²) in [4.78, 5) is 25.2. The number of hydrogen-bond donors (Lipinski definition) is 2. The van der Waals surface area contributed by atoms with Crippen molar-refractivity contribution in [3.63, 3.8) is 0 Å². The highest BCUT2D eigenvalue weighted by Gasteiger charge is 2.33. The lowest BCUT2D eigenvalue weighted by Gasteiger charge is -2.28. The molecule has 0 radical (unpaired) electrons. The SMILES string of the molecule is NC1CCN(c2c(F)cc3c(=O)c(C(=O)O)c4n(c3c2F)CS4)C1. The number of benzene rings is 1. The van der Waals surface area contributed by atoms with Gasteiger partial charge < -0.3 is 20.3 Å². The fourth-order valence-corrected chi connectivity index (χ4v) is 4.24. The van der Waals surface area contributed by atoms with Crippen LogP contribution in [0.3, 0.4) is 0 Å². The van der Waals surface area contributed by atoms with Gasteiger partial charge in [0.15, 0.2) is 5.82 Å². The summed E-state index contributed by atoms with van der Waals surface area (Å²) in [5.41, 5.74) is 4.26. The number of nitrogens with two attached hydrogens (primary N) is 1. The Labute approximate surface area is 138 Å². The van der Waals surface area contributed by atoms with Gasteiger partial charge in [0.2, 0.25) is 5.43 Å². The van der Waals surface area contributed by atoms with Gasteiger partial charge in [-0.05, 0) is 12.5 Å². The highest BCUT2D eigenvalue weighted by molar-refractivity contribution is 7.99. The van der Waals surface area contributed by atoms with Gasteiger partial charge in [0.1, 0.15) is 17.1 Å². The summed E-state index contributed by atoms with van der Waals surface area (Å²) in [5.74, 6) is -2.80. The number of thioether (sulfide) groups is 1. The second kappa shape index (κ2) is 5.18. The van der Waals surface area contributed by atoms with Crippen molar-refractivity contribution >= 4 is 34.3 Å². The molecule has 0 saturated carbocycles. The predicted molar refractivity (Wildman–Crippen MR) is 85.7 cm³/mol. The van der Waals surface area contributed by atoms with E-state index in [-0.39, 0.29) is 27.7 Å². The van der Waals surface area contributed by atoms with Crippen molar-refractivity contribution in [2.24, 2.45) is 5.73 Å². The van der Waals surface area contributed by atoms with Gasteiger partial charge in [-0.1, -0.05) is 11.8 Å². The first-order chi connectivity index (χ1) is 11.4. The van der Waals surface area contributed by atoms with E-state index in [1.165, 1.54) is 9.47 Å². The molecule has 1 unspecified atom stereocenters. The lowest BCUT2D eigenvalue weighted by molar-refractivity contribution is 0.0689. The van der Waals surface area contributed by atoms with E-state index in [4.69, 9.17) is 5.73 Å². The van der Waals surface area contributed by atoms with Gasteiger partial charge >= 0.3 is 5.97 Å². The Morgan fingerprint density at radius 1 is 1.42 bits per heavy atom. The van der Waals surface area contributed by atoms with Crippen molar-refractivity contribution in [3.8, 4) is 0 Å². The third kappa shape index (κ3) is 1.97. The highest BCUT2D eigenvalue weighted by Crippen LogP contribution is 2.40. The van der Waals surface area contributed by atoms with E-state index in [0.29, 0.717) is 25.4 Å². The molecule has 2 aliphatic rings. The van der Waals surface area contributed by atoms with E-state index in [1.807, 2.05) is 0 Å². The summed E-state index contributed by atoms with van der Waals surface area (Å²) >= 11 is 1.15. The molecule has 1 aromatic heterocycles. The highest BCUT2D eigenvalue weighted by atomic mass is 32.2. The topological polar surface area (TPSA) is 88.6 Å². The van der Waals surface area contributed by atoms with Gasteiger partial charge in [0.25, 0.3) is 0 Å². The number of carbonyl (C=O) groups is 1. The third-order valence-corrected chi connectivity index (χ3v) is 5.54. The van der Waals surface area contributed by atoms with E-state index in [9.17, 15) is 19.1 Å². The van der Waals surface area contributed by atoms with Crippen LogP contribution >= 0.6 is 11.8 Å². The van der Waals surface area contributed by atoms with Gasteiger partial charge in [0, 0.05) is 19.1 Å². The molecule has 1 atom stereocenters. The number of halogens is 2. The average Bonchev–Trinajstić information content (AvgIpc) is 2.90. The van der Waals surface area contributed by atoms with Gasteiger partial charge in [-0.15, -0.1) is 0 Å². The van der Waals surface area contributed by atoms with Crippen molar-refractivity contribution in [2.75, 3.05) is 18.0 Å². The van der Waals surface area contributed by atoms with Crippen LogP contribution in [0.2, 0.25) is 0 Å². The number of pyridine rings is 1. The molecule has 4 rings (SSSR count). The number of anilines is 1. The number of fused-ring (bicyclic) bond motifs is 3. The molecule has 24 heavy (non-hydrogen) atoms. The summed E-state index contributed by atoms with van der Waals surface area (Å²) in [6.07, 6.45) is 0.628. The van der Waals surface area contributed by atoms with Gasteiger partial charge in [0.05, 0.1) is 21.8 Å². The quantitative estimate of drug-likeness (QED) is 0.852. The van der Waals surface area contributed by atoms with Crippen molar-refractivity contribution in [2.45, 2.75) is 23.4 Å². The zero-order valence-electron chi connectivity index (χ0n) is 12.4. The molecule has 1 saturated heterocycles. The van der Waals surface area contributed by atoms with Gasteiger partial charge in [-0.3, -0.25) is 4.79 Å². The van der Waals surface area contributed by atoms with E-state index in [2.05, 4.69) is 0 Å². The first-order valence-electron chi connectivity index (χ1n) is 7.35. The second-order valence-electron chi connectivity index (χ2n) is 5.93. The maximum absolute atomic E-state index is 15.1. The fourth-order valence-electron chi connectivity index (χ4n) is 3.30. The lowest BCUT2D eigenvalue weighted by atomic mass is 10.1. The number of nitrogens with zero attached hydrogens (tertiary/aromatic N) is 2. The molecule has 3 heterocycles. The molecule has 0 amide bonds. The minimum Gasteiger partial charge on any atom is -0.477 e. The van der Waals surface area contributed by atoms with E-state index in [0.717, 1.165) is 17.8 Å². The molecule has 0 spiro atoms. The van der Waals surface area contributed by atoms with Crippen LogP contribution in [0.25, 0.3) is 10.9 Å². The van der Waals surface area contributed by atoms with Gasteiger partial charge in [-0.2, -0.15) is 0 Å². The molecule has 1 fully saturated rings. The van der Waals surface area contributed by atoms with Crippen LogP contribution in [0.15, 0.2) is 15.9 Å². The molecular weight excluding hydrogens is 340 g/mol. The van der Waals surface area contributed by atoms with Crippen molar-refractivity contribution < 1.29 is 18.7 Å². The molecule has 2 aromatic rings. The second-order valence-corrected chi connectivity index (χ2v) is 6.86. The minimum absolute atomic E-state index is 0.0457. The summed E-state index contributed by atoms with van der Waals surface area (Å²) in [5, 5.41) is 9.18. The van der Waals surface area contributed by atoms with E-state index >= 15 is 4.39 Å². The summed E-state index contributed by atoms with van der Waals surface area (Å²) in [7, 11) is 0. The van der Waals surface area contributed by atoms with Crippen LogP contribution in [-0.4, -0.2) is 34.8 Å². The monoisotopic (exact) mass is 353 g/mol. The van der Waals surface area contributed by atoms with E-state index < -0.39 is 28.6 Å².